The van der Waals surface area contributed by atoms with Crippen molar-refractivity contribution in [3.63, 3.8) is 0 Å². The van der Waals surface area contributed by atoms with Gasteiger partial charge in [-0.2, -0.15) is 0 Å². The molecule has 1 fully saturated rings. The summed E-state index contributed by atoms with van der Waals surface area (Å²) in [6.07, 6.45) is 3.90. The van der Waals surface area contributed by atoms with E-state index in [-0.39, 0.29) is 30.7 Å². The lowest BCUT2D eigenvalue weighted by molar-refractivity contribution is 0.0951. The smallest absolute Gasteiger partial charge is 0.252 e. The van der Waals surface area contributed by atoms with Gasteiger partial charge in [-0.3, -0.25) is 9.78 Å². The minimum absolute atomic E-state index is 0. The maximum atomic E-state index is 11.8. The second-order valence-corrected chi connectivity index (χ2v) is 4.59. The van der Waals surface area contributed by atoms with Crippen LogP contribution in [0.5, 0.6) is 0 Å². The van der Waals surface area contributed by atoms with Crippen molar-refractivity contribution >= 4 is 30.7 Å². The van der Waals surface area contributed by atoms with E-state index in [1.54, 1.807) is 6.20 Å². The van der Waals surface area contributed by atoms with Crippen molar-refractivity contribution in [3.8, 4) is 0 Å². The highest BCUT2D eigenvalue weighted by Gasteiger charge is 2.14. The molecule has 0 radical (unpaired) electrons. The quantitative estimate of drug-likeness (QED) is 0.894. The molecular weight excluding hydrogens is 285 g/mol. The van der Waals surface area contributed by atoms with E-state index in [0.29, 0.717) is 11.5 Å². The molecule has 0 spiro atoms. The molecule has 108 valence electrons. The largest absolute Gasteiger partial charge is 0.352 e. The average molecular weight is 306 g/mol. The van der Waals surface area contributed by atoms with Crippen LogP contribution in [-0.4, -0.2) is 30.5 Å². The number of rotatable bonds is 4. The number of amides is 1. The third-order valence-corrected chi connectivity index (χ3v) is 3.17. The Morgan fingerprint density at radius 1 is 1.47 bits per heavy atom. The van der Waals surface area contributed by atoms with Gasteiger partial charge in [0.25, 0.3) is 5.91 Å². The van der Waals surface area contributed by atoms with Gasteiger partial charge in [-0.05, 0) is 50.9 Å². The maximum absolute atomic E-state index is 11.8. The third kappa shape index (κ3) is 5.76. The standard InChI is InChI=1S/C13H19N3O.2ClH/c1-10-2-3-12(9-16-10)13(17)15-7-5-11-4-6-14-8-11;;/h2-3,9,11,14H,4-8H2,1H3,(H,15,17);2*1H. The van der Waals surface area contributed by atoms with Crippen molar-refractivity contribution < 1.29 is 4.79 Å². The van der Waals surface area contributed by atoms with Gasteiger partial charge >= 0.3 is 0 Å². The van der Waals surface area contributed by atoms with Crippen LogP contribution in [-0.2, 0) is 0 Å². The monoisotopic (exact) mass is 305 g/mol. The zero-order valence-electron chi connectivity index (χ0n) is 11.0. The maximum Gasteiger partial charge on any atom is 0.252 e. The first-order valence-corrected chi connectivity index (χ1v) is 6.17. The third-order valence-electron chi connectivity index (χ3n) is 3.17. The first-order chi connectivity index (χ1) is 8.25. The summed E-state index contributed by atoms with van der Waals surface area (Å²) in [5.41, 5.74) is 1.57. The van der Waals surface area contributed by atoms with Crippen LogP contribution >= 0.6 is 24.8 Å². The Hall–Kier alpha value is -0.840. The number of hydrogen-bond donors (Lipinski definition) is 2. The van der Waals surface area contributed by atoms with Crippen molar-refractivity contribution in [2.75, 3.05) is 19.6 Å². The van der Waals surface area contributed by atoms with Gasteiger partial charge in [0.1, 0.15) is 0 Å². The van der Waals surface area contributed by atoms with E-state index < -0.39 is 0 Å². The molecule has 0 bridgehead atoms. The van der Waals surface area contributed by atoms with Gasteiger partial charge in [-0.15, -0.1) is 24.8 Å². The van der Waals surface area contributed by atoms with Crippen LogP contribution in [0.1, 0.15) is 28.9 Å². The van der Waals surface area contributed by atoms with Gasteiger partial charge in [0, 0.05) is 18.4 Å². The minimum atomic E-state index is -0.0246. The van der Waals surface area contributed by atoms with Gasteiger partial charge in [-0.1, -0.05) is 0 Å². The molecule has 1 unspecified atom stereocenters. The van der Waals surface area contributed by atoms with Gasteiger partial charge in [0.2, 0.25) is 0 Å². The minimum Gasteiger partial charge on any atom is -0.352 e. The van der Waals surface area contributed by atoms with Gasteiger partial charge in [-0.25, -0.2) is 0 Å². The molecule has 0 aliphatic carbocycles. The van der Waals surface area contributed by atoms with E-state index in [1.807, 2.05) is 19.1 Å². The molecular formula is C13H21Cl2N3O. The molecule has 1 amide bonds. The summed E-state index contributed by atoms with van der Waals surface area (Å²) in [6.45, 7) is 4.86. The second kappa shape index (κ2) is 9.13. The number of hydrogen-bond acceptors (Lipinski definition) is 3. The lowest BCUT2D eigenvalue weighted by Gasteiger charge is -2.09. The fourth-order valence-electron chi connectivity index (χ4n) is 2.05. The average Bonchev–Trinajstić information content (AvgIpc) is 2.83. The summed E-state index contributed by atoms with van der Waals surface area (Å²) in [6, 6.07) is 3.67. The van der Waals surface area contributed by atoms with Crippen LogP contribution in [0.25, 0.3) is 0 Å². The SMILES string of the molecule is Cc1ccc(C(=O)NCCC2CCNC2)cn1.Cl.Cl. The summed E-state index contributed by atoms with van der Waals surface area (Å²) in [5, 5.41) is 6.26. The molecule has 1 saturated heterocycles. The lowest BCUT2D eigenvalue weighted by Crippen LogP contribution is -2.26. The second-order valence-electron chi connectivity index (χ2n) is 4.59. The summed E-state index contributed by atoms with van der Waals surface area (Å²) in [4.78, 5) is 15.9. The molecule has 19 heavy (non-hydrogen) atoms. The van der Waals surface area contributed by atoms with Crippen molar-refractivity contribution in [2.24, 2.45) is 5.92 Å². The number of carbonyl (C=O) groups is 1. The van der Waals surface area contributed by atoms with E-state index in [1.165, 1.54) is 6.42 Å². The van der Waals surface area contributed by atoms with Crippen LogP contribution in [0.15, 0.2) is 18.3 Å². The van der Waals surface area contributed by atoms with Crippen molar-refractivity contribution in [2.45, 2.75) is 19.8 Å². The molecule has 2 N–H and O–H groups in total. The predicted octanol–water partition coefficient (Wildman–Crippen LogP) is 1.96. The van der Waals surface area contributed by atoms with Gasteiger partial charge < -0.3 is 10.6 Å². The molecule has 0 saturated carbocycles. The molecule has 4 nitrogen and oxygen atoms in total. The number of carbonyl (C=O) groups excluding carboxylic acids is 1. The zero-order valence-corrected chi connectivity index (χ0v) is 12.6. The molecule has 1 atom stereocenters. The normalized spacial score (nSPS) is 17.2. The van der Waals surface area contributed by atoms with Crippen LogP contribution < -0.4 is 10.6 Å². The molecule has 1 aromatic heterocycles. The lowest BCUT2D eigenvalue weighted by atomic mass is 10.1. The highest BCUT2D eigenvalue weighted by molar-refractivity contribution is 5.93. The number of nitrogens with zero attached hydrogens (tertiary/aromatic N) is 1. The molecule has 1 aromatic rings. The number of nitrogens with one attached hydrogen (secondary N) is 2. The predicted molar refractivity (Wildman–Crippen MR) is 81.4 cm³/mol. The molecule has 1 aliphatic heterocycles. The molecule has 2 heterocycles. The highest BCUT2D eigenvalue weighted by atomic mass is 35.5. The van der Waals surface area contributed by atoms with E-state index in [2.05, 4.69) is 15.6 Å². The van der Waals surface area contributed by atoms with Crippen molar-refractivity contribution in [3.05, 3.63) is 29.6 Å². The fourth-order valence-corrected chi connectivity index (χ4v) is 2.05. The Morgan fingerprint density at radius 3 is 2.84 bits per heavy atom. The molecule has 1 aliphatic rings. The first kappa shape index (κ1) is 18.2. The summed E-state index contributed by atoms with van der Waals surface area (Å²) < 4.78 is 0. The van der Waals surface area contributed by atoms with Crippen LogP contribution in [0.4, 0.5) is 0 Å². The van der Waals surface area contributed by atoms with Gasteiger partial charge in [0.15, 0.2) is 0 Å². The Morgan fingerprint density at radius 2 is 2.26 bits per heavy atom. The van der Waals surface area contributed by atoms with E-state index in [9.17, 15) is 4.79 Å². The molecule has 2 rings (SSSR count). The number of aromatic nitrogens is 1. The number of halogens is 2. The Balaban J connectivity index is 0.00000162. The topological polar surface area (TPSA) is 54.0 Å². The number of aryl methyl sites for hydroxylation is 1. The van der Waals surface area contributed by atoms with Crippen molar-refractivity contribution in [1.29, 1.82) is 0 Å². The molecule has 6 heteroatoms. The van der Waals surface area contributed by atoms with Crippen LogP contribution in [0.2, 0.25) is 0 Å². The number of pyridine rings is 1. The zero-order chi connectivity index (χ0) is 12.1. The summed E-state index contributed by atoms with van der Waals surface area (Å²) in [7, 11) is 0. The fraction of sp³-hybridized carbons (Fsp3) is 0.538. The van der Waals surface area contributed by atoms with E-state index in [4.69, 9.17) is 0 Å². The van der Waals surface area contributed by atoms with Crippen LogP contribution in [0, 0.1) is 12.8 Å². The Bertz CT molecular complexity index is 378. The summed E-state index contributed by atoms with van der Waals surface area (Å²) in [5.74, 6) is 0.690. The first-order valence-electron chi connectivity index (χ1n) is 6.17. The van der Waals surface area contributed by atoms with Gasteiger partial charge in [0.05, 0.1) is 5.56 Å². The van der Waals surface area contributed by atoms with E-state index in [0.717, 1.165) is 31.7 Å². The molecule has 0 aromatic carbocycles. The Kier molecular flexibility index (Phi) is 8.72. The van der Waals surface area contributed by atoms with Crippen LogP contribution in [0.3, 0.4) is 0 Å². The van der Waals surface area contributed by atoms with Crippen molar-refractivity contribution in [1.82, 2.24) is 15.6 Å². The summed E-state index contributed by atoms with van der Waals surface area (Å²) >= 11 is 0. The van der Waals surface area contributed by atoms with E-state index >= 15 is 0 Å². The highest BCUT2D eigenvalue weighted by Crippen LogP contribution is 2.10. The Labute approximate surface area is 126 Å².